The predicted octanol–water partition coefficient (Wildman–Crippen LogP) is 1.61. The van der Waals surface area contributed by atoms with Gasteiger partial charge in [-0.05, 0) is 23.6 Å². The molecule has 104 valence electrons. The van der Waals surface area contributed by atoms with E-state index in [0.717, 1.165) is 5.56 Å². The topological polar surface area (TPSA) is 81.4 Å². The minimum Gasteiger partial charge on any atom is -0.368 e. The summed E-state index contributed by atoms with van der Waals surface area (Å²) in [4.78, 5) is 27.3. The van der Waals surface area contributed by atoms with Gasteiger partial charge in [0.2, 0.25) is 5.91 Å². The molecule has 0 aliphatic heterocycles. The lowest BCUT2D eigenvalue weighted by Crippen LogP contribution is -2.34. The molecule has 0 aromatic heterocycles. The van der Waals surface area contributed by atoms with E-state index in [4.69, 9.17) is 22.2 Å². The molecule has 0 aliphatic carbocycles. The zero-order valence-electron chi connectivity index (χ0n) is 10.9. The van der Waals surface area contributed by atoms with E-state index in [-0.39, 0.29) is 24.3 Å². The van der Waals surface area contributed by atoms with Crippen molar-refractivity contribution in [2.45, 2.75) is 19.8 Å². The highest BCUT2D eigenvalue weighted by molar-refractivity contribution is 6.30. The highest BCUT2D eigenvalue weighted by atomic mass is 35.5. The number of carbonyl (C=O) groups excluding carboxylic acids is 2. The normalized spacial score (nSPS) is 12.2. The van der Waals surface area contributed by atoms with Crippen LogP contribution in [0.1, 0.15) is 25.3 Å². The first-order valence-electron chi connectivity index (χ1n) is 5.87. The third-order valence-corrected chi connectivity index (χ3v) is 2.82. The van der Waals surface area contributed by atoms with Crippen molar-refractivity contribution >= 4 is 23.4 Å². The summed E-state index contributed by atoms with van der Waals surface area (Å²) in [6, 6.07) is 7.04. The van der Waals surface area contributed by atoms with Crippen LogP contribution in [-0.4, -0.2) is 18.4 Å². The molecule has 1 aromatic rings. The fraction of sp³-hybridized carbons (Fsp3) is 0.385. The lowest BCUT2D eigenvalue weighted by Gasteiger charge is -2.20. The van der Waals surface area contributed by atoms with Gasteiger partial charge in [-0.25, -0.2) is 5.48 Å². The molecule has 5 nitrogen and oxygen atoms in total. The summed E-state index contributed by atoms with van der Waals surface area (Å²) in [6.07, 6.45) is 0. The van der Waals surface area contributed by atoms with Crippen LogP contribution in [0.4, 0.5) is 0 Å². The van der Waals surface area contributed by atoms with Crippen LogP contribution in [0.15, 0.2) is 24.3 Å². The first-order valence-corrected chi connectivity index (χ1v) is 6.25. The van der Waals surface area contributed by atoms with Gasteiger partial charge in [0.05, 0.1) is 5.92 Å². The van der Waals surface area contributed by atoms with Crippen molar-refractivity contribution in [2.24, 2.45) is 11.7 Å². The predicted molar refractivity (Wildman–Crippen MR) is 72.3 cm³/mol. The van der Waals surface area contributed by atoms with Gasteiger partial charge < -0.3 is 5.73 Å². The Bertz CT molecular complexity index is 446. The van der Waals surface area contributed by atoms with Gasteiger partial charge in [0.25, 0.3) is 5.91 Å². The maximum absolute atomic E-state index is 12.0. The van der Waals surface area contributed by atoms with E-state index < -0.39 is 5.91 Å². The largest absolute Gasteiger partial charge is 0.368 e. The molecule has 0 saturated carbocycles. The molecule has 0 radical (unpaired) electrons. The molecule has 0 bridgehead atoms. The number of hydrogen-bond acceptors (Lipinski definition) is 3. The molecule has 0 spiro atoms. The van der Waals surface area contributed by atoms with Gasteiger partial charge in [-0.15, -0.1) is 0 Å². The molecular formula is C13H17ClN2O3. The maximum atomic E-state index is 12.0. The van der Waals surface area contributed by atoms with Gasteiger partial charge in [0, 0.05) is 5.02 Å². The standard InChI is InChI=1S/C13H17ClN2O3/c1-8(2)12(9-3-5-10(14)6-4-9)13(18)16-19-7-11(15)17/h3-6,8,12H,7H2,1-2H3,(H2,15,17)(H,16,18). The molecule has 0 heterocycles. The molecule has 0 aliphatic rings. The van der Waals surface area contributed by atoms with Gasteiger partial charge in [-0.3, -0.25) is 14.4 Å². The van der Waals surface area contributed by atoms with Gasteiger partial charge in [0.15, 0.2) is 6.61 Å². The number of hydrogen-bond donors (Lipinski definition) is 2. The van der Waals surface area contributed by atoms with Crippen molar-refractivity contribution in [3.05, 3.63) is 34.9 Å². The monoisotopic (exact) mass is 284 g/mol. The van der Waals surface area contributed by atoms with Gasteiger partial charge >= 0.3 is 0 Å². The van der Waals surface area contributed by atoms with E-state index in [1.807, 2.05) is 13.8 Å². The van der Waals surface area contributed by atoms with Crippen LogP contribution < -0.4 is 11.2 Å². The fourth-order valence-electron chi connectivity index (χ4n) is 1.75. The molecule has 0 saturated heterocycles. The maximum Gasteiger partial charge on any atom is 0.251 e. The fourth-order valence-corrected chi connectivity index (χ4v) is 1.88. The number of hydroxylamine groups is 1. The Balaban J connectivity index is 2.74. The number of benzene rings is 1. The lowest BCUT2D eigenvalue weighted by molar-refractivity contribution is -0.139. The third-order valence-electron chi connectivity index (χ3n) is 2.57. The zero-order chi connectivity index (χ0) is 14.4. The second-order valence-electron chi connectivity index (χ2n) is 4.49. The number of amides is 2. The summed E-state index contributed by atoms with van der Waals surface area (Å²) in [5, 5.41) is 0.608. The second-order valence-corrected chi connectivity index (χ2v) is 4.93. The van der Waals surface area contributed by atoms with Crippen molar-refractivity contribution < 1.29 is 14.4 Å². The Morgan fingerprint density at radius 3 is 2.37 bits per heavy atom. The molecule has 1 rings (SSSR count). The molecular weight excluding hydrogens is 268 g/mol. The SMILES string of the molecule is CC(C)C(C(=O)NOCC(N)=O)c1ccc(Cl)cc1. The van der Waals surface area contributed by atoms with Crippen LogP contribution in [0.2, 0.25) is 5.02 Å². The van der Waals surface area contributed by atoms with Crippen LogP contribution >= 0.6 is 11.6 Å². The Morgan fingerprint density at radius 1 is 1.32 bits per heavy atom. The van der Waals surface area contributed by atoms with Crippen molar-refractivity contribution in [3.8, 4) is 0 Å². The quantitative estimate of drug-likeness (QED) is 0.779. The number of nitrogens with two attached hydrogens (primary N) is 1. The number of nitrogens with one attached hydrogen (secondary N) is 1. The number of carbonyl (C=O) groups is 2. The van der Waals surface area contributed by atoms with E-state index in [9.17, 15) is 9.59 Å². The van der Waals surface area contributed by atoms with Crippen molar-refractivity contribution in [2.75, 3.05) is 6.61 Å². The Morgan fingerprint density at radius 2 is 1.89 bits per heavy atom. The smallest absolute Gasteiger partial charge is 0.251 e. The van der Waals surface area contributed by atoms with Crippen molar-refractivity contribution in [1.82, 2.24) is 5.48 Å². The van der Waals surface area contributed by atoms with E-state index in [1.165, 1.54) is 0 Å². The highest BCUT2D eigenvalue weighted by Gasteiger charge is 2.24. The zero-order valence-corrected chi connectivity index (χ0v) is 11.6. The molecule has 1 unspecified atom stereocenters. The van der Waals surface area contributed by atoms with Crippen LogP contribution in [0.25, 0.3) is 0 Å². The number of halogens is 1. The molecule has 1 atom stereocenters. The summed E-state index contributed by atoms with van der Waals surface area (Å²) < 4.78 is 0. The van der Waals surface area contributed by atoms with E-state index >= 15 is 0 Å². The summed E-state index contributed by atoms with van der Waals surface area (Å²) >= 11 is 5.82. The number of rotatable bonds is 6. The summed E-state index contributed by atoms with van der Waals surface area (Å²) in [5.74, 6) is -1.28. The Hall–Kier alpha value is -1.59. The minimum absolute atomic E-state index is 0.0679. The minimum atomic E-state index is -0.645. The van der Waals surface area contributed by atoms with Crippen molar-refractivity contribution in [3.63, 3.8) is 0 Å². The Kier molecular flexibility index (Phi) is 5.79. The first kappa shape index (κ1) is 15.5. The molecule has 2 amide bonds. The van der Waals surface area contributed by atoms with Crippen LogP contribution in [-0.2, 0) is 14.4 Å². The van der Waals surface area contributed by atoms with E-state index in [1.54, 1.807) is 24.3 Å². The van der Waals surface area contributed by atoms with Gasteiger partial charge in [0.1, 0.15) is 0 Å². The average Bonchev–Trinajstić information content (AvgIpc) is 2.31. The number of primary amides is 1. The summed E-state index contributed by atoms with van der Waals surface area (Å²) in [6.45, 7) is 3.50. The molecule has 19 heavy (non-hydrogen) atoms. The molecule has 6 heteroatoms. The van der Waals surface area contributed by atoms with E-state index in [0.29, 0.717) is 5.02 Å². The van der Waals surface area contributed by atoms with Crippen LogP contribution in [0.5, 0.6) is 0 Å². The molecule has 0 fully saturated rings. The second kappa shape index (κ2) is 7.11. The molecule has 3 N–H and O–H groups in total. The summed E-state index contributed by atoms with van der Waals surface area (Å²) in [7, 11) is 0. The van der Waals surface area contributed by atoms with Gasteiger partial charge in [-0.1, -0.05) is 37.6 Å². The first-order chi connectivity index (χ1) is 8.91. The van der Waals surface area contributed by atoms with Crippen molar-refractivity contribution in [1.29, 1.82) is 0 Å². The Labute approximate surface area is 117 Å². The molecule has 1 aromatic carbocycles. The van der Waals surface area contributed by atoms with Crippen LogP contribution in [0.3, 0.4) is 0 Å². The van der Waals surface area contributed by atoms with Gasteiger partial charge in [-0.2, -0.15) is 0 Å². The van der Waals surface area contributed by atoms with E-state index in [2.05, 4.69) is 5.48 Å². The average molecular weight is 285 g/mol. The third kappa shape index (κ3) is 4.89. The lowest BCUT2D eigenvalue weighted by atomic mass is 9.88. The highest BCUT2D eigenvalue weighted by Crippen LogP contribution is 2.25. The summed E-state index contributed by atoms with van der Waals surface area (Å²) in [5.41, 5.74) is 7.98. The van der Waals surface area contributed by atoms with Crippen LogP contribution in [0, 0.1) is 5.92 Å².